The topological polar surface area (TPSA) is 52.4 Å². The number of benzene rings is 2. The van der Waals surface area contributed by atoms with Gasteiger partial charge >= 0.3 is 0 Å². The smallest absolute Gasteiger partial charge is 0.277 e. The molecule has 0 aliphatic rings. The molecule has 0 unspecified atom stereocenters. The number of nitro groups is 1. The fourth-order valence-electron chi connectivity index (χ4n) is 2.01. The van der Waals surface area contributed by atoms with Crippen LogP contribution in [-0.4, -0.2) is 4.92 Å². The average molecular weight is 292 g/mol. The van der Waals surface area contributed by atoms with E-state index in [0.29, 0.717) is 10.6 Å². The Balaban J connectivity index is 2.25. The summed E-state index contributed by atoms with van der Waals surface area (Å²) in [6, 6.07) is 10.4. The van der Waals surface area contributed by atoms with Crippen LogP contribution >= 0.6 is 11.6 Å². The molecule has 0 heterocycles. The van der Waals surface area contributed by atoms with Gasteiger partial charge in [0.05, 0.1) is 10.5 Å². The van der Waals surface area contributed by atoms with Crippen LogP contribution < -0.4 is 4.74 Å². The molecular formula is C15H14ClNO3. The molecule has 0 N–H and O–H groups in total. The van der Waals surface area contributed by atoms with Crippen molar-refractivity contribution in [3.05, 3.63) is 68.2 Å². The van der Waals surface area contributed by atoms with Gasteiger partial charge in [-0.15, -0.1) is 0 Å². The summed E-state index contributed by atoms with van der Waals surface area (Å²) in [5.41, 5.74) is 2.48. The second kappa shape index (κ2) is 5.92. The van der Waals surface area contributed by atoms with E-state index in [2.05, 4.69) is 0 Å². The molecule has 0 aliphatic carbocycles. The summed E-state index contributed by atoms with van der Waals surface area (Å²) >= 11 is 5.78. The van der Waals surface area contributed by atoms with Crippen LogP contribution in [0.5, 0.6) is 5.75 Å². The maximum Gasteiger partial charge on any atom is 0.277 e. The second-order valence-corrected chi connectivity index (χ2v) is 4.98. The van der Waals surface area contributed by atoms with Crippen molar-refractivity contribution in [2.24, 2.45) is 0 Å². The Morgan fingerprint density at radius 1 is 1.20 bits per heavy atom. The standard InChI is InChI=1S/C15H14ClNO3/c1-10-4-3-5-11(2)15(10)20-9-12-6-7-13(16)8-14(12)17(18)19/h3-8H,9H2,1-2H3. The Morgan fingerprint density at radius 2 is 1.85 bits per heavy atom. The van der Waals surface area contributed by atoms with Gasteiger partial charge in [-0.2, -0.15) is 0 Å². The highest BCUT2D eigenvalue weighted by Crippen LogP contribution is 2.27. The molecular weight excluding hydrogens is 278 g/mol. The first-order chi connectivity index (χ1) is 9.49. The molecule has 4 nitrogen and oxygen atoms in total. The Morgan fingerprint density at radius 3 is 2.45 bits per heavy atom. The van der Waals surface area contributed by atoms with Gasteiger partial charge in [0, 0.05) is 11.1 Å². The minimum Gasteiger partial charge on any atom is -0.488 e. The van der Waals surface area contributed by atoms with Crippen LogP contribution in [0.25, 0.3) is 0 Å². The van der Waals surface area contributed by atoms with Crippen LogP contribution in [0, 0.1) is 24.0 Å². The van der Waals surface area contributed by atoms with Gasteiger partial charge in [-0.05, 0) is 37.1 Å². The first kappa shape index (κ1) is 14.3. The summed E-state index contributed by atoms with van der Waals surface area (Å²) in [5, 5.41) is 11.4. The van der Waals surface area contributed by atoms with E-state index in [1.54, 1.807) is 12.1 Å². The van der Waals surface area contributed by atoms with E-state index in [4.69, 9.17) is 16.3 Å². The van der Waals surface area contributed by atoms with Crippen LogP contribution in [0.15, 0.2) is 36.4 Å². The Hall–Kier alpha value is -2.07. The van der Waals surface area contributed by atoms with Gasteiger partial charge < -0.3 is 4.74 Å². The largest absolute Gasteiger partial charge is 0.488 e. The number of hydrogen-bond acceptors (Lipinski definition) is 3. The molecule has 0 aliphatic heterocycles. The van der Waals surface area contributed by atoms with E-state index in [9.17, 15) is 10.1 Å². The summed E-state index contributed by atoms with van der Waals surface area (Å²) in [7, 11) is 0. The van der Waals surface area contributed by atoms with Crippen LogP contribution in [0.3, 0.4) is 0 Å². The van der Waals surface area contributed by atoms with Crippen LogP contribution in [0.2, 0.25) is 5.02 Å². The van der Waals surface area contributed by atoms with Gasteiger partial charge in [-0.25, -0.2) is 0 Å². The normalized spacial score (nSPS) is 10.3. The van der Waals surface area contributed by atoms with E-state index in [1.807, 2.05) is 32.0 Å². The number of ether oxygens (including phenoxy) is 1. The fraction of sp³-hybridized carbons (Fsp3) is 0.200. The van der Waals surface area contributed by atoms with Gasteiger partial charge in [0.1, 0.15) is 12.4 Å². The molecule has 2 aromatic rings. The number of halogens is 1. The van der Waals surface area contributed by atoms with Crippen molar-refractivity contribution < 1.29 is 9.66 Å². The molecule has 0 atom stereocenters. The van der Waals surface area contributed by atoms with Gasteiger partial charge in [0.15, 0.2) is 0 Å². The molecule has 0 amide bonds. The molecule has 2 rings (SSSR count). The highest BCUT2D eigenvalue weighted by atomic mass is 35.5. The molecule has 0 bridgehead atoms. The van der Waals surface area contributed by atoms with Crippen molar-refractivity contribution in [3.8, 4) is 5.75 Å². The third kappa shape index (κ3) is 3.08. The first-order valence-corrected chi connectivity index (χ1v) is 6.48. The zero-order valence-electron chi connectivity index (χ0n) is 11.2. The number of rotatable bonds is 4. The highest BCUT2D eigenvalue weighted by molar-refractivity contribution is 6.30. The Kier molecular flexibility index (Phi) is 4.25. The molecule has 0 spiro atoms. The average Bonchev–Trinajstić information content (AvgIpc) is 2.39. The lowest BCUT2D eigenvalue weighted by Crippen LogP contribution is -2.02. The van der Waals surface area contributed by atoms with E-state index >= 15 is 0 Å². The molecule has 20 heavy (non-hydrogen) atoms. The summed E-state index contributed by atoms with van der Waals surface area (Å²) in [5.74, 6) is 0.761. The summed E-state index contributed by atoms with van der Waals surface area (Å²) in [6.07, 6.45) is 0. The lowest BCUT2D eigenvalue weighted by molar-refractivity contribution is -0.385. The second-order valence-electron chi connectivity index (χ2n) is 4.54. The summed E-state index contributed by atoms with van der Waals surface area (Å²) < 4.78 is 5.74. The monoisotopic (exact) mass is 291 g/mol. The van der Waals surface area contributed by atoms with Gasteiger partial charge in [0.2, 0.25) is 0 Å². The van der Waals surface area contributed by atoms with E-state index in [1.165, 1.54) is 6.07 Å². The minimum absolute atomic E-state index is 0.0243. The van der Waals surface area contributed by atoms with Crippen molar-refractivity contribution in [1.82, 2.24) is 0 Å². The fourth-order valence-corrected chi connectivity index (χ4v) is 2.17. The van der Waals surface area contributed by atoms with Crippen molar-refractivity contribution in [2.75, 3.05) is 0 Å². The predicted molar refractivity (Wildman–Crippen MR) is 78.4 cm³/mol. The molecule has 0 saturated heterocycles. The number of nitrogens with zero attached hydrogens (tertiary/aromatic N) is 1. The first-order valence-electron chi connectivity index (χ1n) is 6.11. The number of nitro benzene ring substituents is 1. The predicted octanol–water partition coefficient (Wildman–Crippen LogP) is 4.44. The quantitative estimate of drug-likeness (QED) is 0.618. The number of para-hydroxylation sites is 1. The lowest BCUT2D eigenvalue weighted by Gasteiger charge is -2.12. The Bertz CT molecular complexity index is 635. The van der Waals surface area contributed by atoms with Gasteiger partial charge in [0.25, 0.3) is 5.69 Å². The maximum absolute atomic E-state index is 11.0. The molecule has 0 aromatic heterocycles. The molecule has 104 valence electrons. The number of aryl methyl sites for hydroxylation is 2. The Labute approximate surface area is 122 Å². The molecule has 0 saturated carbocycles. The van der Waals surface area contributed by atoms with Crippen LogP contribution in [-0.2, 0) is 6.61 Å². The third-order valence-electron chi connectivity index (χ3n) is 3.02. The molecule has 5 heteroatoms. The molecule has 2 aromatic carbocycles. The van der Waals surface area contributed by atoms with Crippen LogP contribution in [0.4, 0.5) is 5.69 Å². The highest BCUT2D eigenvalue weighted by Gasteiger charge is 2.15. The molecule has 0 radical (unpaired) electrons. The minimum atomic E-state index is -0.449. The molecule has 0 fully saturated rings. The van der Waals surface area contributed by atoms with E-state index < -0.39 is 4.92 Å². The van der Waals surface area contributed by atoms with Gasteiger partial charge in [-0.3, -0.25) is 10.1 Å². The zero-order chi connectivity index (χ0) is 14.7. The van der Waals surface area contributed by atoms with E-state index in [-0.39, 0.29) is 12.3 Å². The third-order valence-corrected chi connectivity index (χ3v) is 3.26. The number of hydrogen-bond donors (Lipinski definition) is 0. The van der Waals surface area contributed by atoms with Crippen LogP contribution in [0.1, 0.15) is 16.7 Å². The summed E-state index contributed by atoms with van der Waals surface area (Å²) in [6.45, 7) is 4.02. The van der Waals surface area contributed by atoms with E-state index in [0.717, 1.165) is 16.9 Å². The van der Waals surface area contributed by atoms with Crippen molar-refractivity contribution in [3.63, 3.8) is 0 Å². The van der Waals surface area contributed by atoms with Crippen molar-refractivity contribution in [2.45, 2.75) is 20.5 Å². The van der Waals surface area contributed by atoms with Crippen molar-refractivity contribution in [1.29, 1.82) is 0 Å². The zero-order valence-corrected chi connectivity index (χ0v) is 12.0. The van der Waals surface area contributed by atoms with Gasteiger partial charge in [-0.1, -0.05) is 29.8 Å². The maximum atomic E-state index is 11.0. The summed E-state index contributed by atoms with van der Waals surface area (Å²) in [4.78, 5) is 10.6. The lowest BCUT2D eigenvalue weighted by atomic mass is 10.1. The SMILES string of the molecule is Cc1cccc(C)c1OCc1ccc(Cl)cc1[N+](=O)[O-]. The van der Waals surface area contributed by atoms with Crippen molar-refractivity contribution >= 4 is 17.3 Å².